The number of carboxylic acids is 1. The average molecular weight is 236 g/mol. The maximum atomic E-state index is 11.0. The third-order valence-corrected chi connectivity index (χ3v) is 2.23. The van der Waals surface area contributed by atoms with Gasteiger partial charge in [-0.3, -0.25) is 10.1 Å². The van der Waals surface area contributed by atoms with Gasteiger partial charge in [-0.15, -0.1) is 0 Å². The maximum absolute atomic E-state index is 11.0. The third-order valence-electron chi connectivity index (χ3n) is 2.23. The molecular weight excluding hydrogens is 228 g/mol. The van der Waals surface area contributed by atoms with Crippen molar-refractivity contribution in [1.82, 2.24) is 0 Å². The van der Waals surface area contributed by atoms with Crippen LogP contribution in [0.4, 0.5) is 0 Å². The number of hydrogen-bond donors (Lipinski definition) is 1. The Morgan fingerprint density at radius 2 is 2.29 bits per heavy atom. The first-order valence-electron chi connectivity index (χ1n) is 4.42. The van der Waals surface area contributed by atoms with E-state index < -0.39 is 16.4 Å². The van der Waals surface area contributed by atoms with Crippen LogP contribution in [0.1, 0.15) is 5.56 Å². The number of nitro groups is 1. The summed E-state index contributed by atoms with van der Waals surface area (Å²) in [6.45, 7) is 0. The van der Waals surface area contributed by atoms with Crippen molar-refractivity contribution in [3.63, 3.8) is 0 Å². The summed E-state index contributed by atoms with van der Waals surface area (Å²) < 4.78 is 4.83. The van der Waals surface area contributed by atoms with E-state index >= 15 is 0 Å². The van der Waals surface area contributed by atoms with Gasteiger partial charge in [-0.05, 0) is 18.2 Å². The minimum Gasteiger partial charge on any atom is -0.497 e. The zero-order chi connectivity index (χ0) is 13.1. The van der Waals surface area contributed by atoms with Gasteiger partial charge in [0.05, 0.1) is 17.6 Å². The van der Waals surface area contributed by atoms with E-state index in [1.165, 1.54) is 31.4 Å². The number of benzene rings is 1. The Hall–Kier alpha value is -2.62. The van der Waals surface area contributed by atoms with E-state index in [4.69, 9.17) is 15.1 Å². The first-order chi connectivity index (χ1) is 7.98. The van der Waals surface area contributed by atoms with Gasteiger partial charge in [-0.1, -0.05) is 6.07 Å². The van der Waals surface area contributed by atoms with Gasteiger partial charge in [0, 0.05) is 0 Å². The van der Waals surface area contributed by atoms with Crippen LogP contribution in [0.2, 0.25) is 0 Å². The minimum absolute atomic E-state index is 0.241. The second-order valence-electron chi connectivity index (χ2n) is 3.12. The SMILES string of the molecule is COc1cccc(C(C#N)(C(=O)O)[N+](=O)[O-])c1. The first-order valence-corrected chi connectivity index (χ1v) is 4.42. The predicted molar refractivity (Wildman–Crippen MR) is 54.9 cm³/mol. The van der Waals surface area contributed by atoms with E-state index in [0.29, 0.717) is 0 Å². The normalized spacial score (nSPS) is 13.2. The molecule has 0 bridgehead atoms. The first kappa shape index (κ1) is 12.4. The summed E-state index contributed by atoms with van der Waals surface area (Å²) in [6.07, 6.45) is 0. The van der Waals surface area contributed by atoms with Gasteiger partial charge in [0.2, 0.25) is 0 Å². The summed E-state index contributed by atoms with van der Waals surface area (Å²) in [6, 6.07) is 6.45. The molecule has 0 aliphatic heterocycles. The Morgan fingerprint density at radius 3 is 2.71 bits per heavy atom. The fraction of sp³-hybridized carbons (Fsp3) is 0.200. The fourth-order valence-electron chi connectivity index (χ4n) is 1.31. The molecule has 7 nitrogen and oxygen atoms in total. The van der Waals surface area contributed by atoms with Crippen molar-refractivity contribution in [2.75, 3.05) is 7.11 Å². The molecule has 0 fully saturated rings. The van der Waals surface area contributed by atoms with Crippen molar-refractivity contribution in [2.24, 2.45) is 0 Å². The van der Waals surface area contributed by atoms with Crippen LogP contribution < -0.4 is 4.74 Å². The highest BCUT2D eigenvalue weighted by molar-refractivity contribution is 5.82. The van der Waals surface area contributed by atoms with Crippen LogP contribution in [0.15, 0.2) is 24.3 Å². The molecule has 7 heteroatoms. The molecule has 1 aromatic rings. The van der Waals surface area contributed by atoms with Crippen molar-refractivity contribution >= 4 is 5.97 Å². The molecule has 0 saturated heterocycles. The summed E-state index contributed by atoms with van der Waals surface area (Å²) in [5.41, 5.74) is -3.06. The molecule has 0 aliphatic carbocycles. The highest BCUT2D eigenvalue weighted by Crippen LogP contribution is 2.27. The fourth-order valence-corrected chi connectivity index (χ4v) is 1.31. The molecule has 88 valence electrons. The largest absolute Gasteiger partial charge is 0.497 e. The lowest BCUT2D eigenvalue weighted by Gasteiger charge is -2.13. The lowest BCUT2D eigenvalue weighted by molar-refractivity contribution is -0.546. The van der Waals surface area contributed by atoms with Crippen LogP contribution in [0, 0.1) is 21.4 Å². The molecule has 1 rings (SSSR count). The Bertz CT molecular complexity index is 492. The van der Waals surface area contributed by atoms with Crippen LogP contribution in [-0.4, -0.2) is 23.1 Å². The topological polar surface area (TPSA) is 113 Å². The number of carbonyl (C=O) groups is 1. The zero-order valence-electron chi connectivity index (χ0n) is 8.78. The molecule has 0 aromatic heterocycles. The van der Waals surface area contributed by atoms with Crippen molar-refractivity contribution in [1.29, 1.82) is 5.26 Å². The van der Waals surface area contributed by atoms with Crippen molar-refractivity contribution in [3.8, 4) is 11.8 Å². The monoisotopic (exact) mass is 236 g/mol. The number of nitrogens with zero attached hydrogens (tertiary/aromatic N) is 2. The van der Waals surface area contributed by atoms with Gasteiger partial charge >= 0.3 is 11.5 Å². The zero-order valence-corrected chi connectivity index (χ0v) is 8.78. The highest BCUT2D eigenvalue weighted by Gasteiger charge is 2.54. The Morgan fingerprint density at radius 1 is 1.65 bits per heavy atom. The van der Waals surface area contributed by atoms with Crippen LogP contribution in [0.3, 0.4) is 0 Å². The quantitative estimate of drug-likeness (QED) is 0.610. The van der Waals surface area contributed by atoms with Gasteiger partial charge in [-0.2, -0.15) is 5.26 Å². The van der Waals surface area contributed by atoms with Crippen LogP contribution in [0.25, 0.3) is 0 Å². The predicted octanol–water partition coefficient (Wildman–Crippen LogP) is 0.775. The number of rotatable bonds is 4. The van der Waals surface area contributed by atoms with Gasteiger partial charge in [0.15, 0.2) is 6.07 Å². The van der Waals surface area contributed by atoms with Crippen molar-refractivity contribution < 1.29 is 19.6 Å². The molecule has 0 heterocycles. The van der Waals surface area contributed by atoms with Gasteiger partial charge in [0.25, 0.3) is 0 Å². The minimum atomic E-state index is -2.81. The average Bonchev–Trinajstić information content (AvgIpc) is 2.30. The number of aliphatic carboxylic acids is 1. The lowest BCUT2D eigenvalue weighted by atomic mass is 9.92. The van der Waals surface area contributed by atoms with Gasteiger partial charge in [0.1, 0.15) is 5.75 Å². The number of nitriles is 1. The van der Waals surface area contributed by atoms with E-state index in [9.17, 15) is 14.9 Å². The number of ether oxygens (including phenoxy) is 1. The highest BCUT2D eigenvalue weighted by atomic mass is 16.6. The molecule has 1 N–H and O–H groups in total. The van der Waals surface area contributed by atoms with E-state index in [-0.39, 0.29) is 11.3 Å². The molecule has 0 spiro atoms. The van der Waals surface area contributed by atoms with E-state index in [1.54, 1.807) is 0 Å². The molecule has 1 atom stereocenters. The molecule has 1 aromatic carbocycles. The maximum Gasteiger partial charge on any atom is 0.424 e. The summed E-state index contributed by atoms with van der Waals surface area (Å²) in [5.74, 6) is -1.59. The molecule has 1 unspecified atom stereocenters. The molecule has 0 radical (unpaired) electrons. The van der Waals surface area contributed by atoms with Crippen LogP contribution >= 0.6 is 0 Å². The summed E-state index contributed by atoms with van der Waals surface area (Å²) in [7, 11) is 1.33. The van der Waals surface area contributed by atoms with E-state index in [2.05, 4.69) is 0 Å². The standard InChI is InChI=1S/C10H8N2O5/c1-17-8-4-2-3-7(5-8)10(6-11,9(13)14)12(15)16/h2-5H,1H3,(H,13,14). The van der Waals surface area contributed by atoms with E-state index in [1.807, 2.05) is 0 Å². The summed E-state index contributed by atoms with van der Waals surface area (Å²) in [4.78, 5) is 20.7. The summed E-state index contributed by atoms with van der Waals surface area (Å²) in [5, 5.41) is 28.6. The third kappa shape index (κ3) is 1.88. The van der Waals surface area contributed by atoms with E-state index in [0.717, 1.165) is 6.07 Å². The van der Waals surface area contributed by atoms with Crippen LogP contribution in [0.5, 0.6) is 5.75 Å². The van der Waals surface area contributed by atoms with Crippen LogP contribution in [-0.2, 0) is 10.3 Å². The number of carboxylic acid groups (broad SMARTS) is 1. The lowest BCUT2D eigenvalue weighted by Crippen LogP contribution is -2.42. The van der Waals surface area contributed by atoms with Crippen molar-refractivity contribution in [2.45, 2.75) is 5.54 Å². The molecule has 0 aliphatic rings. The number of methoxy groups -OCH3 is 1. The smallest absolute Gasteiger partial charge is 0.424 e. The summed E-state index contributed by atoms with van der Waals surface area (Å²) >= 11 is 0. The molecule has 0 saturated carbocycles. The van der Waals surface area contributed by atoms with Crippen molar-refractivity contribution in [3.05, 3.63) is 39.9 Å². The Balaban J connectivity index is 3.48. The second-order valence-corrected chi connectivity index (χ2v) is 3.12. The Labute approximate surface area is 96.0 Å². The Kier molecular flexibility index (Phi) is 3.29. The molecule has 0 amide bonds. The van der Waals surface area contributed by atoms with Gasteiger partial charge < -0.3 is 9.84 Å². The second kappa shape index (κ2) is 4.49. The number of hydrogen-bond acceptors (Lipinski definition) is 5. The van der Waals surface area contributed by atoms with Gasteiger partial charge in [-0.25, -0.2) is 4.79 Å². The molecule has 17 heavy (non-hydrogen) atoms. The molecular formula is C10H8N2O5.